The minimum Gasteiger partial charge on any atom is -0.490 e. The summed E-state index contributed by atoms with van der Waals surface area (Å²) in [4.78, 5) is 41.0. The molecule has 11 heteroatoms. The number of amides is 2. The Morgan fingerprint density at radius 3 is 2.72 bits per heavy atom. The molecule has 0 radical (unpaired) electrons. The third kappa shape index (κ3) is 5.52. The Bertz CT molecular complexity index is 2030. The maximum atomic E-state index is 14.6. The molecule has 0 fully saturated rings. The largest absolute Gasteiger partial charge is 0.490 e. The first kappa shape index (κ1) is 29.7. The number of hydrogen-bond donors (Lipinski definition) is 1. The van der Waals surface area contributed by atoms with Gasteiger partial charge in [-0.25, -0.2) is 9.37 Å². The smallest absolute Gasteiger partial charge is 0.246 e. The molecule has 46 heavy (non-hydrogen) atoms. The van der Waals surface area contributed by atoms with Crippen molar-refractivity contribution in [2.24, 2.45) is 0 Å². The molecule has 0 aliphatic carbocycles. The van der Waals surface area contributed by atoms with Crippen LogP contribution in [0.4, 0.5) is 4.39 Å². The van der Waals surface area contributed by atoms with Crippen LogP contribution in [0, 0.1) is 5.82 Å². The van der Waals surface area contributed by atoms with Crippen molar-refractivity contribution >= 4 is 33.2 Å². The second kappa shape index (κ2) is 12.4. The Balaban J connectivity index is 1.45. The van der Waals surface area contributed by atoms with Crippen LogP contribution in [-0.4, -0.2) is 58.5 Å². The van der Waals surface area contributed by atoms with Gasteiger partial charge in [0.25, 0.3) is 0 Å². The minimum atomic E-state index is -0.417. The lowest BCUT2D eigenvalue weighted by Gasteiger charge is -2.27. The van der Waals surface area contributed by atoms with E-state index in [0.717, 1.165) is 55.0 Å². The van der Waals surface area contributed by atoms with Crippen molar-refractivity contribution in [3.63, 3.8) is 0 Å². The van der Waals surface area contributed by atoms with Gasteiger partial charge in [0.2, 0.25) is 11.8 Å². The number of carbonyl (C=O) groups is 2. The Labute approximate surface area is 268 Å². The van der Waals surface area contributed by atoms with Gasteiger partial charge >= 0.3 is 0 Å². The van der Waals surface area contributed by atoms with Crippen LogP contribution in [0.15, 0.2) is 66.8 Å². The lowest BCUT2D eigenvalue weighted by molar-refractivity contribution is -0.127. The lowest BCUT2D eigenvalue weighted by atomic mass is 9.94. The number of rotatable bonds is 8. The van der Waals surface area contributed by atoms with Crippen LogP contribution in [0.5, 0.6) is 5.75 Å². The summed E-state index contributed by atoms with van der Waals surface area (Å²) in [6, 6.07) is 10.6. The SMILES string of the molecule is C=CC(=O)N1CCc2ncc(-c3nc(-c4cnc5c(c4)CNC(=O)C5)c4ccsc4c3-c3ccc(F)cc3OCCOC)cc2C1. The number of benzene rings is 1. The number of thiophene rings is 1. The molecule has 0 saturated carbocycles. The highest BCUT2D eigenvalue weighted by Crippen LogP contribution is 2.46. The number of methoxy groups -OCH3 is 1. The Kier molecular flexibility index (Phi) is 8.02. The van der Waals surface area contributed by atoms with E-state index in [0.29, 0.717) is 49.7 Å². The summed E-state index contributed by atoms with van der Waals surface area (Å²) in [6.07, 6.45) is 5.79. The number of hydrogen-bond acceptors (Lipinski definition) is 8. The fraction of sp³-hybridized carbons (Fsp3) is 0.229. The van der Waals surface area contributed by atoms with Crippen molar-refractivity contribution in [1.82, 2.24) is 25.2 Å². The second-order valence-corrected chi connectivity index (χ2v) is 12.1. The molecule has 6 heterocycles. The zero-order valence-electron chi connectivity index (χ0n) is 25.1. The Hall–Kier alpha value is -5.00. The number of aromatic nitrogens is 3. The number of pyridine rings is 3. The van der Waals surface area contributed by atoms with E-state index in [1.807, 2.05) is 29.8 Å². The normalized spacial score (nSPS) is 14.0. The summed E-state index contributed by atoms with van der Waals surface area (Å²) in [5.74, 6) is -0.215. The lowest BCUT2D eigenvalue weighted by Crippen LogP contribution is -2.35. The standard InChI is InChI=1S/C35H30FN5O4S/c1-3-31(43)41-8-6-27-23(19-41)13-22(18-37-27)34-32(25-5-4-24(36)14-29(25)45-10-9-44-2)35-26(7-11-46-35)33(40-34)21-12-20-16-39-30(42)15-28(20)38-17-21/h3-5,7,11-14,17-18H,1,6,8-10,15-16,19H2,2H3,(H,39,42). The van der Waals surface area contributed by atoms with Crippen molar-refractivity contribution < 1.29 is 23.5 Å². The highest BCUT2D eigenvalue weighted by atomic mass is 32.1. The summed E-state index contributed by atoms with van der Waals surface area (Å²) in [5.41, 5.74) is 7.98. The summed E-state index contributed by atoms with van der Waals surface area (Å²) in [7, 11) is 1.59. The fourth-order valence-electron chi connectivity index (χ4n) is 6.02. The molecule has 0 unspecified atom stereocenters. The number of carbonyl (C=O) groups excluding carboxylic acids is 2. The van der Waals surface area contributed by atoms with E-state index in [1.165, 1.54) is 18.2 Å². The van der Waals surface area contributed by atoms with Crippen LogP contribution in [0.1, 0.15) is 22.5 Å². The van der Waals surface area contributed by atoms with E-state index >= 15 is 0 Å². The second-order valence-electron chi connectivity index (χ2n) is 11.2. The molecule has 0 bridgehead atoms. The number of halogens is 1. The molecular weight excluding hydrogens is 605 g/mol. The number of fused-ring (bicyclic) bond motifs is 3. The van der Waals surface area contributed by atoms with E-state index < -0.39 is 5.82 Å². The van der Waals surface area contributed by atoms with Gasteiger partial charge in [0.15, 0.2) is 0 Å². The first-order valence-electron chi connectivity index (χ1n) is 14.9. The van der Waals surface area contributed by atoms with Crippen molar-refractivity contribution in [3.8, 4) is 39.4 Å². The summed E-state index contributed by atoms with van der Waals surface area (Å²) >= 11 is 1.56. The molecule has 232 valence electrons. The summed E-state index contributed by atoms with van der Waals surface area (Å²) in [6.45, 7) is 5.62. The summed E-state index contributed by atoms with van der Waals surface area (Å²) < 4.78 is 26.8. The van der Waals surface area contributed by atoms with Crippen LogP contribution in [0.3, 0.4) is 0 Å². The van der Waals surface area contributed by atoms with E-state index in [9.17, 15) is 14.0 Å². The highest BCUT2D eigenvalue weighted by molar-refractivity contribution is 7.18. The van der Waals surface area contributed by atoms with E-state index in [-0.39, 0.29) is 24.8 Å². The zero-order valence-corrected chi connectivity index (χ0v) is 26.0. The molecule has 0 spiro atoms. The number of ether oxygens (including phenoxy) is 2. The van der Waals surface area contributed by atoms with E-state index in [1.54, 1.807) is 35.6 Å². The Morgan fingerprint density at radius 1 is 1.09 bits per heavy atom. The van der Waals surface area contributed by atoms with E-state index in [2.05, 4.69) is 16.9 Å². The van der Waals surface area contributed by atoms with Gasteiger partial charge in [-0.2, -0.15) is 0 Å². The molecule has 0 saturated heterocycles. The minimum absolute atomic E-state index is 0.0474. The molecule has 2 amide bonds. The van der Waals surface area contributed by atoms with E-state index in [4.69, 9.17) is 19.4 Å². The first-order valence-corrected chi connectivity index (χ1v) is 15.8. The van der Waals surface area contributed by atoms with Gasteiger partial charge < -0.3 is 19.7 Å². The highest BCUT2D eigenvalue weighted by Gasteiger charge is 2.26. The molecule has 2 aliphatic heterocycles. The predicted molar refractivity (Wildman–Crippen MR) is 174 cm³/mol. The summed E-state index contributed by atoms with van der Waals surface area (Å²) in [5, 5.41) is 5.82. The molecule has 1 aromatic carbocycles. The number of nitrogens with one attached hydrogen (secondary N) is 1. The van der Waals surface area contributed by atoms with Crippen molar-refractivity contribution in [3.05, 3.63) is 95.2 Å². The van der Waals surface area contributed by atoms with Gasteiger partial charge in [-0.05, 0) is 52.9 Å². The van der Waals surface area contributed by atoms with Gasteiger partial charge in [-0.1, -0.05) is 6.58 Å². The van der Waals surface area contributed by atoms with Crippen molar-refractivity contribution in [2.45, 2.75) is 25.9 Å². The Morgan fingerprint density at radius 2 is 1.89 bits per heavy atom. The van der Waals surface area contributed by atoms with Crippen LogP contribution in [-0.2, 0) is 40.3 Å². The average Bonchev–Trinajstić information content (AvgIpc) is 3.57. The van der Waals surface area contributed by atoms with Crippen molar-refractivity contribution in [2.75, 3.05) is 26.9 Å². The molecule has 2 aliphatic rings. The van der Waals surface area contributed by atoms with Crippen LogP contribution in [0.2, 0.25) is 0 Å². The van der Waals surface area contributed by atoms with Gasteiger partial charge in [0, 0.05) is 89.7 Å². The fourth-order valence-corrected chi connectivity index (χ4v) is 6.98. The quantitative estimate of drug-likeness (QED) is 0.177. The van der Waals surface area contributed by atoms with Crippen molar-refractivity contribution in [1.29, 1.82) is 0 Å². The molecule has 9 nitrogen and oxygen atoms in total. The van der Waals surface area contributed by atoms with Crippen LogP contribution < -0.4 is 10.1 Å². The molecule has 7 rings (SSSR count). The van der Waals surface area contributed by atoms with Gasteiger partial charge in [-0.3, -0.25) is 19.6 Å². The number of nitrogens with zero attached hydrogens (tertiary/aromatic N) is 4. The van der Waals surface area contributed by atoms with Crippen LogP contribution in [0.25, 0.3) is 43.7 Å². The third-order valence-electron chi connectivity index (χ3n) is 8.30. The van der Waals surface area contributed by atoms with Gasteiger partial charge in [-0.15, -0.1) is 11.3 Å². The third-order valence-corrected chi connectivity index (χ3v) is 9.23. The maximum Gasteiger partial charge on any atom is 0.246 e. The first-order chi connectivity index (χ1) is 22.4. The predicted octanol–water partition coefficient (Wildman–Crippen LogP) is 5.49. The monoisotopic (exact) mass is 635 g/mol. The molecule has 0 atom stereocenters. The molecule has 4 aromatic heterocycles. The topological polar surface area (TPSA) is 107 Å². The maximum absolute atomic E-state index is 14.6. The van der Waals surface area contributed by atoms with Gasteiger partial charge in [0.1, 0.15) is 18.2 Å². The zero-order chi connectivity index (χ0) is 31.8. The molecule has 5 aromatic rings. The molecular formula is C35H30FN5O4S. The molecule has 1 N–H and O–H groups in total. The average molecular weight is 636 g/mol. The van der Waals surface area contributed by atoms with Crippen LogP contribution >= 0.6 is 11.3 Å². The van der Waals surface area contributed by atoms with Gasteiger partial charge in [0.05, 0.1) is 30.1 Å².